The maximum absolute atomic E-state index is 12.4. The zero-order valence-corrected chi connectivity index (χ0v) is 16.5. The third kappa shape index (κ3) is 3.85. The summed E-state index contributed by atoms with van der Waals surface area (Å²) in [7, 11) is 1.58. The van der Waals surface area contributed by atoms with Gasteiger partial charge in [0.15, 0.2) is 17.2 Å². The van der Waals surface area contributed by atoms with E-state index in [9.17, 15) is 4.79 Å². The molecule has 1 heterocycles. The van der Waals surface area contributed by atoms with Crippen molar-refractivity contribution in [1.82, 2.24) is 0 Å². The van der Waals surface area contributed by atoms with Crippen LogP contribution in [0.3, 0.4) is 0 Å². The summed E-state index contributed by atoms with van der Waals surface area (Å²) in [6, 6.07) is 19.2. The Hall–Kier alpha value is -3.60. The highest BCUT2D eigenvalue weighted by molar-refractivity contribution is 6.17. The lowest BCUT2D eigenvalue weighted by Gasteiger charge is -2.13. The maximum atomic E-state index is 12.4. The van der Waals surface area contributed by atoms with Crippen molar-refractivity contribution >= 4 is 28.7 Å². The first kappa shape index (κ1) is 18.7. The molecule has 0 aliphatic carbocycles. The fourth-order valence-corrected chi connectivity index (χ4v) is 3.22. The number of hydrogen-bond acceptors (Lipinski definition) is 5. The molecule has 0 saturated heterocycles. The number of nitrogens with zero attached hydrogens (tertiary/aromatic N) is 1. The van der Waals surface area contributed by atoms with Crippen molar-refractivity contribution in [1.29, 1.82) is 0 Å². The van der Waals surface area contributed by atoms with E-state index in [0.29, 0.717) is 17.4 Å². The number of rotatable bonds is 5. The van der Waals surface area contributed by atoms with Crippen molar-refractivity contribution in [3.63, 3.8) is 0 Å². The largest absolute Gasteiger partial charge is 0.493 e. The number of carbonyl (C=O) groups excluding carboxylic acids is 1. The van der Waals surface area contributed by atoms with Crippen LogP contribution in [0, 0.1) is 0 Å². The first-order chi connectivity index (χ1) is 14.0. The molecule has 0 radical (unpaired) electrons. The Labute approximate surface area is 169 Å². The molecular formula is C24H21NO4. The lowest BCUT2D eigenvalue weighted by Crippen LogP contribution is -2.06. The first-order valence-corrected chi connectivity index (χ1v) is 9.40. The van der Waals surface area contributed by atoms with Crippen LogP contribution in [0.5, 0.6) is 11.5 Å². The minimum atomic E-state index is -0.477. The average Bonchev–Trinajstić information content (AvgIpc) is 3.08. The third-order valence-electron chi connectivity index (χ3n) is 4.49. The van der Waals surface area contributed by atoms with Crippen molar-refractivity contribution < 1.29 is 19.0 Å². The van der Waals surface area contributed by atoms with Crippen LogP contribution < -0.4 is 9.47 Å². The number of ether oxygens (including phenoxy) is 3. The van der Waals surface area contributed by atoms with Crippen LogP contribution in [0.2, 0.25) is 0 Å². The molecule has 1 aliphatic rings. The number of aliphatic imine (C=N–C) groups is 1. The average molecular weight is 387 g/mol. The van der Waals surface area contributed by atoms with E-state index in [0.717, 1.165) is 21.9 Å². The Morgan fingerprint density at radius 2 is 1.79 bits per heavy atom. The molecule has 5 nitrogen and oxygen atoms in total. The number of methoxy groups -OCH3 is 1. The van der Waals surface area contributed by atoms with Gasteiger partial charge in [0, 0.05) is 5.56 Å². The third-order valence-corrected chi connectivity index (χ3v) is 4.49. The minimum Gasteiger partial charge on any atom is -0.493 e. The summed E-state index contributed by atoms with van der Waals surface area (Å²) < 4.78 is 16.6. The number of carbonyl (C=O) groups is 1. The second kappa shape index (κ2) is 7.80. The van der Waals surface area contributed by atoms with Gasteiger partial charge in [0.05, 0.1) is 13.2 Å². The highest BCUT2D eigenvalue weighted by Gasteiger charge is 2.25. The molecule has 4 rings (SSSR count). The molecule has 5 heteroatoms. The highest BCUT2D eigenvalue weighted by Crippen LogP contribution is 2.31. The lowest BCUT2D eigenvalue weighted by atomic mass is 10.0. The predicted octanol–water partition coefficient (Wildman–Crippen LogP) is 4.98. The summed E-state index contributed by atoms with van der Waals surface area (Å²) in [6.45, 7) is 3.90. The SMILES string of the molecule is COc1cc(/C=C2\N=C(c3cccc4ccccc34)OC2=O)ccc1OC(C)C. The summed E-state index contributed by atoms with van der Waals surface area (Å²) in [5.74, 6) is 1.08. The van der Waals surface area contributed by atoms with Gasteiger partial charge in [-0.25, -0.2) is 9.79 Å². The molecule has 1 aliphatic heterocycles. The maximum Gasteiger partial charge on any atom is 0.363 e. The van der Waals surface area contributed by atoms with Crippen LogP contribution in [0.15, 0.2) is 71.4 Å². The van der Waals surface area contributed by atoms with E-state index < -0.39 is 5.97 Å². The van der Waals surface area contributed by atoms with Gasteiger partial charge in [-0.05, 0) is 54.5 Å². The number of fused-ring (bicyclic) bond motifs is 1. The Balaban J connectivity index is 1.69. The second-order valence-corrected chi connectivity index (χ2v) is 6.94. The van der Waals surface area contributed by atoms with Crippen LogP contribution in [0.1, 0.15) is 25.0 Å². The van der Waals surface area contributed by atoms with Crippen molar-refractivity contribution in [2.45, 2.75) is 20.0 Å². The van der Waals surface area contributed by atoms with E-state index in [-0.39, 0.29) is 11.8 Å². The second-order valence-electron chi connectivity index (χ2n) is 6.94. The normalized spacial score (nSPS) is 15.0. The summed E-state index contributed by atoms with van der Waals surface area (Å²) in [6.07, 6.45) is 1.72. The Bertz CT molecular complexity index is 1140. The molecule has 3 aromatic rings. The predicted molar refractivity (Wildman–Crippen MR) is 113 cm³/mol. The minimum absolute atomic E-state index is 0.0331. The summed E-state index contributed by atoms with van der Waals surface area (Å²) >= 11 is 0. The van der Waals surface area contributed by atoms with E-state index >= 15 is 0 Å². The number of hydrogen-bond donors (Lipinski definition) is 0. The van der Waals surface area contributed by atoms with Gasteiger partial charge in [0.1, 0.15) is 0 Å². The zero-order chi connectivity index (χ0) is 20.4. The van der Waals surface area contributed by atoms with E-state index in [4.69, 9.17) is 14.2 Å². The van der Waals surface area contributed by atoms with Gasteiger partial charge in [0.25, 0.3) is 0 Å². The molecule has 0 unspecified atom stereocenters. The van der Waals surface area contributed by atoms with Gasteiger partial charge in [-0.1, -0.05) is 42.5 Å². The summed E-state index contributed by atoms with van der Waals surface area (Å²) in [5, 5.41) is 2.05. The molecule has 0 fully saturated rings. The van der Waals surface area contributed by atoms with E-state index in [1.54, 1.807) is 13.2 Å². The van der Waals surface area contributed by atoms with Gasteiger partial charge < -0.3 is 14.2 Å². The topological polar surface area (TPSA) is 57.1 Å². The number of cyclic esters (lactones) is 1. The van der Waals surface area contributed by atoms with Crippen LogP contribution in [0.25, 0.3) is 16.8 Å². The Morgan fingerprint density at radius 3 is 2.59 bits per heavy atom. The van der Waals surface area contributed by atoms with Crippen LogP contribution in [0.4, 0.5) is 0 Å². The lowest BCUT2D eigenvalue weighted by molar-refractivity contribution is -0.129. The van der Waals surface area contributed by atoms with Crippen molar-refractivity contribution in [3.05, 3.63) is 77.5 Å². The number of benzene rings is 3. The molecule has 0 atom stereocenters. The molecule has 0 amide bonds. The van der Waals surface area contributed by atoms with Gasteiger partial charge in [0.2, 0.25) is 5.90 Å². The Morgan fingerprint density at radius 1 is 1.00 bits per heavy atom. The van der Waals surface area contributed by atoms with E-state index in [1.165, 1.54) is 0 Å². The molecular weight excluding hydrogens is 366 g/mol. The van der Waals surface area contributed by atoms with Crippen LogP contribution in [-0.4, -0.2) is 25.1 Å². The molecule has 0 bridgehead atoms. The van der Waals surface area contributed by atoms with Crippen LogP contribution in [-0.2, 0) is 9.53 Å². The monoisotopic (exact) mass is 387 g/mol. The quantitative estimate of drug-likeness (QED) is 0.458. The summed E-state index contributed by atoms with van der Waals surface area (Å²) in [4.78, 5) is 16.8. The molecule has 0 saturated carbocycles. The fourth-order valence-electron chi connectivity index (χ4n) is 3.22. The van der Waals surface area contributed by atoms with Crippen molar-refractivity contribution in [3.8, 4) is 11.5 Å². The molecule has 3 aromatic carbocycles. The van der Waals surface area contributed by atoms with E-state index in [2.05, 4.69) is 4.99 Å². The van der Waals surface area contributed by atoms with E-state index in [1.807, 2.05) is 74.5 Å². The molecule has 0 aromatic heterocycles. The van der Waals surface area contributed by atoms with Gasteiger partial charge in [-0.2, -0.15) is 0 Å². The van der Waals surface area contributed by atoms with Crippen molar-refractivity contribution in [2.75, 3.05) is 7.11 Å². The number of esters is 1. The smallest absolute Gasteiger partial charge is 0.363 e. The fraction of sp³-hybridized carbons (Fsp3) is 0.167. The standard InChI is InChI=1S/C24H21NO4/c1-15(2)28-21-12-11-16(14-22(21)27-3)13-20-24(26)29-23(25-20)19-10-6-8-17-7-4-5-9-18(17)19/h4-15H,1-3H3/b20-13-. The molecule has 0 N–H and O–H groups in total. The zero-order valence-electron chi connectivity index (χ0n) is 16.5. The van der Waals surface area contributed by atoms with Crippen LogP contribution >= 0.6 is 0 Å². The first-order valence-electron chi connectivity index (χ1n) is 9.40. The van der Waals surface area contributed by atoms with Gasteiger partial charge in [-0.15, -0.1) is 0 Å². The highest BCUT2D eigenvalue weighted by atomic mass is 16.6. The van der Waals surface area contributed by atoms with Gasteiger partial charge >= 0.3 is 5.97 Å². The van der Waals surface area contributed by atoms with Crippen molar-refractivity contribution in [2.24, 2.45) is 4.99 Å². The summed E-state index contributed by atoms with van der Waals surface area (Å²) in [5.41, 5.74) is 1.80. The Kier molecular flexibility index (Phi) is 5.04. The molecule has 0 spiro atoms. The van der Waals surface area contributed by atoms with Gasteiger partial charge in [-0.3, -0.25) is 0 Å². The molecule has 146 valence electrons. The molecule has 29 heavy (non-hydrogen) atoms.